The average molecular weight is 397 g/mol. The van der Waals surface area contributed by atoms with Crippen molar-refractivity contribution in [2.24, 2.45) is 0 Å². The van der Waals surface area contributed by atoms with Gasteiger partial charge in [-0.25, -0.2) is 0 Å². The standard InChI is InChI=1S/C24H32N2O3/c1-16-10-8-9-11-18(16)22(28)26-25-21(27)15-29-20-13-12-17(23(2,3)4)14-19(20)24(5,6)7/h8-14H,15H2,1-7H3,(H,25,27)(H,26,28). The van der Waals surface area contributed by atoms with Crippen molar-refractivity contribution >= 4 is 11.8 Å². The molecular weight excluding hydrogens is 364 g/mol. The fraction of sp³-hybridized carbons (Fsp3) is 0.417. The van der Waals surface area contributed by atoms with Crippen LogP contribution in [0.3, 0.4) is 0 Å². The first-order valence-electron chi connectivity index (χ1n) is 9.82. The fourth-order valence-electron chi connectivity index (χ4n) is 2.91. The second kappa shape index (κ2) is 8.68. The van der Waals surface area contributed by atoms with Crippen molar-refractivity contribution in [3.63, 3.8) is 0 Å². The van der Waals surface area contributed by atoms with Crippen LogP contribution >= 0.6 is 0 Å². The van der Waals surface area contributed by atoms with Crippen molar-refractivity contribution < 1.29 is 14.3 Å². The normalized spacial score (nSPS) is 11.7. The van der Waals surface area contributed by atoms with Crippen molar-refractivity contribution in [2.75, 3.05) is 6.61 Å². The van der Waals surface area contributed by atoms with E-state index < -0.39 is 5.91 Å². The Morgan fingerprint density at radius 1 is 0.897 bits per heavy atom. The summed E-state index contributed by atoms with van der Waals surface area (Å²) in [5, 5.41) is 0. The van der Waals surface area contributed by atoms with E-state index >= 15 is 0 Å². The lowest BCUT2D eigenvalue weighted by atomic mass is 9.80. The minimum atomic E-state index is -0.424. The van der Waals surface area contributed by atoms with Gasteiger partial charge in [-0.2, -0.15) is 0 Å². The predicted octanol–water partition coefficient (Wildman–Crippen LogP) is 4.43. The molecule has 0 fully saturated rings. The van der Waals surface area contributed by atoms with Crippen molar-refractivity contribution in [3.05, 3.63) is 64.7 Å². The van der Waals surface area contributed by atoms with Crippen molar-refractivity contribution in [1.82, 2.24) is 10.9 Å². The highest BCUT2D eigenvalue weighted by Gasteiger charge is 2.23. The summed E-state index contributed by atoms with van der Waals surface area (Å²) in [6, 6.07) is 13.3. The van der Waals surface area contributed by atoms with E-state index in [1.165, 1.54) is 5.56 Å². The molecule has 2 rings (SSSR count). The number of ether oxygens (including phenoxy) is 1. The van der Waals surface area contributed by atoms with E-state index in [-0.39, 0.29) is 23.3 Å². The van der Waals surface area contributed by atoms with Crippen LogP contribution in [0.4, 0.5) is 0 Å². The molecule has 0 radical (unpaired) electrons. The van der Waals surface area contributed by atoms with Gasteiger partial charge < -0.3 is 4.74 Å². The van der Waals surface area contributed by atoms with Gasteiger partial charge in [0.15, 0.2) is 6.61 Å². The van der Waals surface area contributed by atoms with Crippen molar-refractivity contribution in [2.45, 2.75) is 59.3 Å². The monoisotopic (exact) mass is 396 g/mol. The van der Waals surface area contributed by atoms with Gasteiger partial charge in [-0.15, -0.1) is 0 Å². The van der Waals surface area contributed by atoms with E-state index in [0.29, 0.717) is 11.3 Å². The van der Waals surface area contributed by atoms with Crippen LogP contribution in [-0.2, 0) is 15.6 Å². The third-order valence-electron chi connectivity index (χ3n) is 4.72. The molecule has 5 heteroatoms. The number of rotatable bonds is 4. The molecule has 2 N–H and O–H groups in total. The van der Waals surface area contributed by atoms with Crippen LogP contribution in [0.2, 0.25) is 0 Å². The largest absolute Gasteiger partial charge is 0.483 e. The summed E-state index contributed by atoms with van der Waals surface area (Å²) in [7, 11) is 0. The number of benzene rings is 2. The molecule has 0 saturated heterocycles. The Bertz CT molecular complexity index is 890. The predicted molar refractivity (Wildman–Crippen MR) is 116 cm³/mol. The molecule has 0 heterocycles. The Balaban J connectivity index is 2.03. The van der Waals surface area contributed by atoms with Gasteiger partial charge in [0.2, 0.25) is 0 Å². The Morgan fingerprint density at radius 3 is 2.14 bits per heavy atom. The van der Waals surface area contributed by atoms with Crippen molar-refractivity contribution in [3.8, 4) is 5.75 Å². The van der Waals surface area contributed by atoms with E-state index in [1.54, 1.807) is 12.1 Å². The number of hydrogen-bond donors (Lipinski definition) is 2. The van der Waals surface area contributed by atoms with Gasteiger partial charge in [0.1, 0.15) is 5.75 Å². The molecule has 0 aliphatic carbocycles. The van der Waals surface area contributed by atoms with Gasteiger partial charge in [0.05, 0.1) is 0 Å². The van der Waals surface area contributed by atoms with E-state index in [4.69, 9.17) is 4.74 Å². The van der Waals surface area contributed by atoms with Crippen LogP contribution in [0.25, 0.3) is 0 Å². The van der Waals surface area contributed by atoms with Gasteiger partial charge >= 0.3 is 0 Å². The summed E-state index contributed by atoms with van der Waals surface area (Å²) < 4.78 is 5.79. The quantitative estimate of drug-likeness (QED) is 0.751. The lowest BCUT2D eigenvalue weighted by Crippen LogP contribution is -2.44. The zero-order valence-corrected chi connectivity index (χ0v) is 18.5. The Labute approximate surface area is 173 Å². The number of carbonyl (C=O) groups is 2. The van der Waals surface area contributed by atoms with Gasteiger partial charge in [0.25, 0.3) is 11.8 Å². The Kier molecular flexibility index (Phi) is 6.73. The molecule has 2 aromatic rings. The van der Waals surface area contributed by atoms with Gasteiger partial charge in [-0.1, -0.05) is 71.9 Å². The number of nitrogens with one attached hydrogen (secondary N) is 2. The molecular formula is C24H32N2O3. The van der Waals surface area contributed by atoms with E-state index in [2.05, 4.69) is 58.5 Å². The first kappa shape index (κ1) is 22.5. The fourth-order valence-corrected chi connectivity index (χ4v) is 2.91. The van der Waals surface area contributed by atoms with Crippen LogP contribution < -0.4 is 15.6 Å². The molecule has 156 valence electrons. The molecule has 0 atom stereocenters. The molecule has 29 heavy (non-hydrogen) atoms. The summed E-state index contributed by atoms with van der Waals surface area (Å²) in [6.45, 7) is 14.5. The second-order valence-electron chi connectivity index (χ2n) is 9.32. The third-order valence-corrected chi connectivity index (χ3v) is 4.72. The van der Waals surface area contributed by atoms with Gasteiger partial charge in [-0.3, -0.25) is 20.4 Å². The smallest absolute Gasteiger partial charge is 0.276 e. The van der Waals surface area contributed by atoms with Gasteiger partial charge in [-0.05, 0) is 46.6 Å². The van der Waals surface area contributed by atoms with Crippen LogP contribution in [0.1, 0.15) is 68.6 Å². The maximum atomic E-state index is 12.2. The molecule has 0 bridgehead atoms. The number of hydrogen-bond acceptors (Lipinski definition) is 3. The molecule has 0 spiro atoms. The molecule has 2 amide bonds. The Morgan fingerprint density at radius 2 is 1.55 bits per heavy atom. The van der Waals surface area contributed by atoms with E-state index in [9.17, 15) is 9.59 Å². The van der Waals surface area contributed by atoms with Crippen LogP contribution in [-0.4, -0.2) is 18.4 Å². The van der Waals surface area contributed by atoms with E-state index in [0.717, 1.165) is 11.1 Å². The summed E-state index contributed by atoms with van der Waals surface area (Å²) in [5.74, 6) is -0.112. The highest BCUT2D eigenvalue weighted by molar-refractivity contribution is 5.96. The minimum Gasteiger partial charge on any atom is -0.483 e. The second-order valence-corrected chi connectivity index (χ2v) is 9.32. The van der Waals surface area contributed by atoms with E-state index in [1.807, 2.05) is 31.2 Å². The number of carbonyl (C=O) groups excluding carboxylic acids is 2. The number of aryl methyl sites for hydroxylation is 1. The minimum absolute atomic E-state index is 0.0236. The van der Waals surface area contributed by atoms with Crippen molar-refractivity contribution in [1.29, 1.82) is 0 Å². The first-order chi connectivity index (χ1) is 13.4. The maximum absolute atomic E-state index is 12.2. The summed E-state index contributed by atoms with van der Waals surface area (Å²) >= 11 is 0. The van der Waals surface area contributed by atoms with Gasteiger partial charge in [0, 0.05) is 5.56 Å². The molecule has 0 aliphatic rings. The van der Waals surface area contributed by atoms with Crippen LogP contribution in [0.5, 0.6) is 5.75 Å². The number of hydrazine groups is 1. The molecule has 0 aliphatic heterocycles. The molecule has 5 nitrogen and oxygen atoms in total. The average Bonchev–Trinajstić information content (AvgIpc) is 2.63. The highest BCUT2D eigenvalue weighted by atomic mass is 16.5. The van der Waals surface area contributed by atoms with Crippen LogP contribution in [0, 0.1) is 6.92 Å². The zero-order valence-electron chi connectivity index (χ0n) is 18.5. The maximum Gasteiger partial charge on any atom is 0.276 e. The SMILES string of the molecule is Cc1ccccc1C(=O)NNC(=O)COc1ccc(C(C)(C)C)cc1C(C)(C)C. The topological polar surface area (TPSA) is 67.4 Å². The summed E-state index contributed by atoms with van der Waals surface area (Å²) in [4.78, 5) is 24.4. The third kappa shape index (κ3) is 6.08. The van der Waals surface area contributed by atoms with Crippen LogP contribution in [0.15, 0.2) is 42.5 Å². The number of amides is 2. The molecule has 2 aromatic carbocycles. The highest BCUT2D eigenvalue weighted by Crippen LogP contribution is 2.35. The molecule has 0 aromatic heterocycles. The lowest BCUT2D eigenvalue weighted by Gasteiger charge is -2.27. The zero-order chi connectivity index (χ0) is 21.8. The Hall–Kier alpha value is -2.82. The summed E-state index contributed by atoms with van der Waals surface area (Å²) in [6.07, 6.45) is 0. The lowest BCUT2D eigenvalue weighted by molar-refractivity contribution is -0.123. The summed E-state index contributed by atoms with van der Waals surface area (Å²) in [5.41, 5.74) is 8.34. The molecule has 0 saturated carbocycles. The first-order valence-corrected chi connectivity index (χ1v) is 9.82. The molecule has 0 unspecified atom stereocenters.